The van der Waals surface area contributed by atoms with Crippen LogP contribution in [0.5, 0.6) is 0 Å². The van der Waals surface area contributed by atoms with E-state index in [0.717, 1.165) is 31.5 Å². The summed E-state index contributed by atoms with van der Waals surface area (Å²) in [7, 11) is 0. The van der Waals surface area contributed by atoms with Gasteiger partial charge in [-0.15, -0.1) is 0 Å². The van der Waals surface area contributed by atoms with Gasteiger partial charge in [0.1, 0.15) is 5.69 Å². The molecule has 1 fully saturated rings. The molecule has 0 atom stereocenters. The fourth-order valence-corrected chi connectivity index (χ4v) is 3.44. The maximum absolute atomic E-state index is 12.5. The van der Waals surface area contributed by atoms with E-state index < -0.39 is 10.8 Å². The zero-order valence-corrected chi connectivity index (χ0v) is 16.8. The van der Waals surface area contributed by atoms with Gasteiger partial charge in [-0.1, -0.05) is 17.7 Å². The van der Waals surface area contributed by atoms with E-state index in [1.54, 1.807) is 24.3 Å². The molecule has 2 aromatic carbocycles. The van der Waals surface area contributed by atoms with Crippen LogP contribution in [0.15, 0.2) is 36.4 Å². The number of nitrogens with zero attached hydrogens (tertiary/aromatic N) is 2. The third-order valence-corrected chi connectivity index (χ3v) is 5.15. The number of nitro benzene ring substituents is 1. The molecule has 1 amide bonds. The van der Waals surface area contributed by atoms with Crippen LogP contribution in [0.25, 0.3) is 0 Å². The number of benzene rings is 2. The Morgan fingerprint density at radius 3 is 2.57 bits per heavy atom. The SMILES string of the molecule is Cc1ccc(NC(=S)NC(=O)c2ccc(N3CCCC3)c([N+](=O)[O-])c2)cc1Cl. The first-order chi connectivity index (χ1) is 13.3. The molecule has 7 nitrogen and oxygen atoms in total. The zero-order chi connectivity index (χ0) is 20.3. The Bertz CT molecular complexity index is 945. The number of carbonyl (C=O) groups excluding carboxylic acids is 1. The lowest BCUT2D eigenvalue weighted by atomic mass is 10.1. The van der Waals surface area contributed by atoms with Crippen molar-refractivity contribution in [1.29, 1.82) is 0 Å². The molecule has 0 spiro atoms. The third kappa shape index (κ3) is 4.58. The highest BCUT2D eigenvalue weighted by Gasteiger charge is 2.24. The van der Waals surface area contributed by atoms with Crippen LogP contribution in [-0.4, -0.2) is 29.0 Å². The number of anilines is 2. The van der Waals surface area contributed by atoms with Crippen molar-refractivity contribution in [3.63, 3.8) is 0 Å². The summed E-state index contributed by atoms with van der Waals surface area (Å²) >= 11 is 11.2. The number of aryl methyl sites for hydroxylation is 1. The van der Waals surface area contributed by atoms with Gasteiger partial charge in [0.15, 0.2) is 5.11 Å². The van der Waals surface area contributed by atoms with Gasteiger partial charge in [-0.05, 0) is 61.8 Å². The highest BCUT2D eigenvalue weighted by Crippen LogP contribution is 2.31. The second-order valence-corrected chi connectivity index (χ2v) is 7.34. The van der Waals surface area contributed by atoms with Crippen molar-refractivity contribution in [3.8, 4) is 0 Å². The lowest BCUT2D eigenvalue weighted by Crippen LogP contribution is -2.34. The van der Waals surface area contributed by atoms with Crippen LogP contribution in [0.2, 0.25) is 5.02 Å². The number of rotatable bonds is 4. The average molecular weight is 419 g/mol. The van der Waals surface area contributed by atoms with Crippen molar-refractivity contribution < 1.29 is 9.72 Å². The Balaban J connectivity index is 1.72. The second kappa shape index (κ2) is 8.53. The minimum absolute atomic E-state index is 0.0798. The van der Waals surface area contributed by atoms with Crippen molar-refractivity contribution in [2.45, 2.75) is 19.8 Å². The Kier molecular flexibility index (Phi) is 6.11. The van der Waals surface area contributed by atoms with Crippen LogP contribution in [0.4, 0.5) is 17.1 Å². The van der Waals surface area contributed by atoms with Gasteiger partial charge in [0.2, 0.25) is 0 Å². The summed E-state index contributed by atoms with van der Waals surface area (Å²) in [4.78, 5) is 25.4. The molecule has 0 aromatic heterocycles. The number of nitrogens with one attached hydrogen (secondary N) is 2. The highest BCUT2D eigenvalue weighted by molar-refractivity contribution is 7.80. The lowest BCUT2D eigenvalue weighted by molar-refractivity contribution is -0.384. The highest BCUT2D eigenvalue weighted by atomic mass is 35.5. The van der Waals surface area contributed by atoms with Crippen LogP contribution in [-0.2, 0) is 0 Å². The Hall–Kier alpha value is -2.71. The van der Waals surface area contributed by atoms with E-state index in [2.05, 4.69) is 10.6 Å². The monoisotopic (exact) mass is 418 g/mol. The van der Waals surface area contributed by atoms with Gasteiger partial charge in [0, 0.05) is 35.4 Å². The first kappa shape index (κ1) is 20.0. The van der Waals surface area contributed by atoms with Gasteiger partial charge in [-0.25, -0.2) is 0 Å². The lowest BCUT2D eigenvalue weighted by Gasteiger charge is -2.18. The Morgan fingerprint density at radius 1 is 1.21 bits per heavy atom. The maximum atomic E-state index is 12.5. The van der Waals surface area contributed by atoms with E-state index in [1.807, 2.05) is 17.9 Å². The molecule has 1 saturated heterocycles. The molecule has 0 aliphatic carbocycles. The Morgan fingerprint density at radius 2 is 1.93 bits per heavy atom. The number of hydrogen-bond donors (Lipinski definition) is 2. The van der Waals surface area contributed by atoms with Crippen molar-refractivity contribution in [1.82, 2.24) is 5.32 Å². The molecule has 1 aliphatic rings. The van der Waals surface area contributed by atoms with Crippen molar-refractivity contribution in [3.05, 3.63) is 62.7 Å². The fourth-order valence-electron chi connectivity index (χ4n) is 3.04. The fraction of sp³-hybridized carbons (Fsp3) is 0.263. The molecule has 2 N–H and O–H groups in total. The average Bonchev–Trinajstić information content (AvgIpc) is 3.18. The van der Waals surface area contributed by atoms with E-state index in [4.69, 9.17) is 23.8 Å². The third-order valence-electron chi connectivity index (χ3n) is 4.54. The number of nitro groups is 1. The number of carbonyl (C=O) groups is 1. The molecule has 0 bridgehead atoms. The molecule has 146 valence electrons. The first-order valence-electron chi connectivity index (χ1n) is 8.77. The summed E-state index contributed by atoms with van der Waals surface area (Å²) in [5.74, 6) is -0.521. The molecular formula is C19H19ClN4O3S. The first-order valence-corrected chi connectivity index (χ1v) is 9.55. The van der Waals surface area contributed by atoms with Gasteiger partial charge in [-0.2, -0.15) is 0 Å². The normalized spacial score (nSPS) is 13.3. The van der Waals surface area contributed by atoms with Crippen molar-refractivity contribution in [2.24, 2.45) is 0 Å². The molecule has 28 heavy (non-hydrogen) atoms. The van der Waals surface area contributed by atoms with E-state index in [-0.39, 0.29) is 16.4 Å². The van der Waals surface area contributed by atoms with Crippen LogP contribution in [0.3, 0.4) is 0 Å². The van der Waals surface area contributed by atoms with Crippen molar-refractivity contribution >= 4 is 51.9 Å². The molecule has 3 rings (SSSR count). The molecule has 1 heterocycles. The summed E-state index contributed by atoms with van der Waals surface area (Å²) in [5.41, 5.74) is 2.18. The smallest absolute Gasteiger partial charge is 0.293 e. The molecule has 9 heteroatoms. The molecular weight excluding hydrogens is 400 g/mol. The summed E-state index contributed by atoms with van der Waals surface area (Å²) < 4.78 is 0. The van der Waals surface area contributed by atoms with Gasteiger partial charge >= 0.3 is 0 Å². The van der Waals surface area contributed by atoms with E-state index in [0.29, 0.717) is 16.4 Å². The van der Waals surface area contributed by atoms with Gasteiger partial charge in [0.05, 0.1) is 4.92 Å². The van der Waals surface area contributed by atoms with Gasteiger partial charge in [-0.3, -0.25) is 20.2 Å². The zero-order valence-electron chi connectivity index (χ0n) is 15.2. The van der Waals surface area contributed by atoms with Crippen LogP contribution in [0.1, 0.15) is 28.8 Å². The predicted molar refractivity (Wildman–Crippen MR) is 114 cm³/mol. The van der Waals surface area contributed by atoms with Crippen LogP contribution >= 0.6 is 23.8 Å². The van der Waals surface area contributed by atoms with Gasteiger partial charge < -0.3 is 10.2 Å². The Labute approximate surface area is 172 Å². The molecule has 0 saturated carbocycles. The molecule has 1 aliphatic heterocycles. The molecule has 0 radical (unpaired) electrons. The number of halogens is 1. The summed E-state index contributed by atoms with van der Waals surface area (Å²) in [6, 6.07) is 9.79. The maximum Gasteiger partial charge on any atom is 0.293 e. The topological polar surface area (TPSA) is 87.5 Å². The largest absolute Gasteiger partial charge is 0.366 e. The standard InChI is InChI=1S/C19H19ClN4O3S/c1-12-4-6-14(11-15(12)20)21-19(28)22-18(25)13-5-7-16(17(10-13)24(26)27)23-8-2-3-9-23/h4-7,10-11H,2-3,8-9H2,1H3,(H2,21,22,25,28). The van der Waals surface area contributed by atoms with Crippen LogP contribution < -0.4 is 15.5 Å². The van der Waals surface area contributed by atoms with Gasteiger partial charge in [0.25, 0.3) is 11.6 Å². The van der Waals surface area contributed by atoms with Crippen molar-refractivity contribution in [2.75, 3.05) is 23.3 Å². The number of thiocarbonyl (C=S) groups is 1. The van der Waals surface area contributed by atoms with E-state index >= 15 is 0 Å². The quantitative estimate of drug-likeness (QED) is 0.437. The van der Waals surface area contributed by atoms with E-state index in [1.165, 1.54) is 6.07 Å². The minimum Gasteiger partial charge on any atom is -0.366 e. The van der Waals surface area contributed by atoms with E-state index in [9.17, 15) is 14.9 Å². The van der Waals surface area contributed by atoms with Crippen LogP contribution in [0, 0.1) is 17.0 Å². The molecule has 0 unspecified atom stereocenters. The number of amides is 1. The predicted octanol–water partition coefficient (Wildman–Crippen LogP) is 4.28. The summed E-state index contributed by atoms with van der Waals surface area (Å²) in [6.07, 6.45) is 2.00. The second-order valence-electron chi connectivity index (χ2n) is 6.53. The summed E-state index contributed by atoms with van der Waals surface area (Å²) in [5, 5.41) is 17.5. The molecule has 2 aromatic rings. The number of hydrogen-bond acceptors (Lipinski definition) is 5. The summed E-state index contributed by atoms with van der Waals surface area (Å²) in [6.45, 7) is 3.43. The minimum atomic E-state index is -0.521.